The molecule has 7 heteroatoms. The Morgan fingerprint density at radius 3 is 2.82 bits per heavy atom. The first-order valence-corrected chi connectivity index (χ1v) is 10.7. The predicted octanol–water partition coefficient (Wildman–Crippen LogP) is 1.74. The molecule has 2 saturated heterocycles. The highest BCUT2D eigenvalue weighted by Gasteiger charge is 2.30. The van der Waals surface area contributed by atoms with Gasteiger partial charge in [-0.25, -0.2) is 9.98 Å². The molecule has 28 heavy (non-hydrogen) atoms. The SMILES string of the molecule is CCNC(=NCc1ccc(OCC2CC2)nc1)N1CCC(N2CCOCC2)C1. The van der Waals surface area contributed by atoms with Crippen LogP contribution in [0.5, 0.6) is 5.88 Å². The van der Waals surface area contributed by atoms with Gasteiger partial charge < -0.3 is 19.7 Å². The minimum absolute atomic E-state index is 0.609. The first kappa shape index (κ1) is 19.5. The van der Waals surface area contributed by atoms with Gasteiger partial charge in [0.15, 0.2) is 5.96 Å². The van der Waals surface area contributed by atoms with Crippen molar-refractivity contribution in [2.75, 3.05) is 52.5 Å². The fraction of sp³-hybridized carbons (Fsp3) is 0.714. The molecule has 1 saturated carbocycles. The lowest BCUT2D eigenvalue weighted by molar-refractivity contribution is 0.0195. The van der Waals surface area contributed by atoms with Gasteiger partial charge in [-0.05, 0) is 37.7 Å². The quantitative estimate of drug-likeness (QED) is 0.568. The predicted molar refractivity (Wildman–Crippen MR) is 110 cm³/mol. The van der Waals surface area contributed by atoms with E-state index in [4.69, 9.17) is 14.5 Å². The molecule has 1 atom stereocenters. The molecular formula is C21H33N5O2. The summed E-state index contributed by atoms with van der Waals surface area (Å²) in [6.07, 6.45) is 5.67. The molecule has 0 radical (unpaired) electrons. The Bertz CT molecular complexity index is 641. The maximum atomic E-state index is 5.72. The second-order valence-corrected chi connectivity index (χ2v) is 7.97. The Morgan fingerprint density at radius 1 is 1.25 bits per heavy atom. The monoisotopic (exact) mass is 387 g/mol. The number of likely N-dealkylation sites (tertiary alicyclic amines) is 1. The van der Waals surface area contributed by atoms with Crippen molar-refractivity contribution in [1.29, 1.82) is 0 Å². The Labute approximate surface area is 168 Å². The zero-order valence-corrected chi connectivity index (χ0v) is 17.0. The third kappa shape index (κ3) is 5.35. The van der Waals surface area contributed by atoms with Crippen molar-refractivity contribution in [3.8, 4) is 5.88 Å². The lowest BCUT2D eigenvalue weighted by Gasteiger charge is -2.32. The molecule has 1 N–H and O–H groups in total. The highest BCUT2D eigenvalue weighted by molar-refractivity contribution is 5.80. The van der Waals surface area contributed by atoms with Gasteiger partial charge in [0.25, 0.3) is 0 Å². The second-order valence-electron chi connectivity index (χ2n) is 7.97. The van der Waals surface area contributed by atoms with Crippen LogP contribution in [0, 0.1) is 5.92 Å². The van der Waals surface area contributed by atoms with Crippen LogP contribution in [0.2, 0.25) is 0 Å². The standard InChI is InChI=1S/C21H33N5O2/c1-2-22-21(26-8-7-19(15-26)25-9-11-27-12-10-25)24-14-18-5-6-20(23-13-18)28-16-17-3-4-17/h5-6,13,17,19H,2-4,7-12,14-16H2,1H3,(H,22,24). The van der Waals surface area contributed by atoms with Gasteiger partial charge in [-0.1, -0.05) is 6.07 Å². The average molecular weight is 388 g/mol. The number of guanidine groups is 1. The Kier molecular flexibility index (Phi) is 6.65. The number of aromatic nitrogens is 1. The summed E-state index contributed by atoms with van der Waals surface area (Å²) < 4.78 is 11.2. The highest BCUT2D eigenvalue weighted by Crippen LogP contribution is 2.29. The number of aliphatic imine (C=N–C) groups is 1. The third-order valence-corrected chi connectivity index (χ3v) is 5.73. The maximum Gasteiger partial charge on any atom is 0.213 e. The van der Waals surface area contributed by atoms with E-state index in [1.54, 1.807) is 0 Å². The number of rotatable bonds is 7. The summed E-state index contributed by atoms with van der Waals surface area (Å²) in [5.41, 5.74) is 1.11. The summed E-state index contributed by atoms with van der Waals surface area (Å²) in [5, 5.41) is 3.46. The number of pyridine rings is 1. The first-order valence-electron chi connectivity index (χ1n) is 10.7. The van der Waals surface area contributed by atoms with Crippen LogP contribution in [-0.4, -0.2) is 79.3 Å². The van der Waals surface area contributed by atoms with E-state index in [-0.39, 0.29) is 0 Å². The Balaban J connectivity index is 1.31. The minimum atomic E-state index is 0.609. The van der Waals surface area contributed by atoms with Gasteiger partial charge in [0.05, 0.1) is 26.4 Å². The van der Waals surface area contributed by atoms with Crippen LogP contribution in [0.4, 0.5) is 0 Å². The summed E-state index contributed by atoms with van der Waals surface area (Å²) in [5.74, 6) is 2.47. The first-order chi connectivity index (χ1) is 13.8. The number of ether oxygens (including phenoxy) is 2. The van der Waals surface area contributed by atoms with Gasteiger partial charge in [0, 0.05) is 51.0 Å². The van der Waals surface area contributed by atoms with E-state index >= 15 is 0 Å². The lowest BCUT2D eigenvalue weighted by Crippen LogP contribution is -2.46. The third-order valence-electron chi connectivity index (χ3n) is 5.73. The van der Waals surface area contributed by atoms with Gasteiger partial charge >= 0.3 is 0 Å². The van der Waals surface area contributed by atoms with E-state index in [1.165, 1.54) is 19.3 Å². The largest absolute Gasteiger partial charge is 0.477 e. The van der Waals surface area contributed by atoms with E-state index in [9.17, 15) is 0 Å². The molecule has 3 heterocycles. The molecule has 1 aliphatic carbocycles. The summed E-state index contributed by atoms with van der Waals surface area (Å²) in [6.45, 7) is 10.3. The molecule has 154 valence electrons. The van der Waals surface area contributed by atoms with Crippen molar-refractivity contribution >= 4 is 5.96 Å². The summed E-state index contributed by atoms with van der Waals surface area (Å²) in [7, 11) is 0. The van der Waals surface area contributed by atoms with Crippen LogP contribution in [0.3, 0.4) is 0 Å². The molecule has 0 amide bonds. The smallest absolute Gasteiger partial charge is 0.213 e. The summed E-state index contributed by atoms with van der Waals surface area (Å²) in [6, 6.07) is 4.64. The summed E-state index contributed by atoms with van der Waals surface area (Å²) >= 11 is 0. The molecule has 4 rings (SSSR count). The van der Waals surface area contributed by atoms with Crippen LogP contribution in [-0.2, 0) is 11.3 Å². The van der Waals surface area contributed by atoms with Crippen molar-refractivity contribution in [1.82, 2.24) is 20.1 Å². The Morgan fingerprint density at radius 2 is 2.11 bits per heavy atom. The normalized spacial score (nSPS) is 23.8. The van der Waals surface area contributed by atoms with Crippen molar-refractivity contribution in [2.24, 2.45) is 10.9 Å². The van der Waals surface area contributed by atoms with Gasteiger partial charge in [-0.2, -0.15) is 0 Å². The van der Waals surface area contributed by atoms with E-state index in [2.05, 4.69) is 33.1 Å². The molecule has 0 spiro atoms. The van der Waals surface area contributed by atoms with Crippen molar-refractivity contribution < 1.29 is 9.47 Å². The lowest BCUT2D eigenvalue weighted by atomic mass is 10.2. The molecule has 0 bridgehead atoms. The number of hydrogen-bond donors (Lipinski definition) is 1. The average Bonchev–Trinajstić information content (AvgIpc) is 3.45. The fourth-order valence-electron chi connectivity index (χ4n) is 3.84. The van der Waals surface area contributed by atoms with Crippen LogP contribution >= 0.6 is 0 Å². The molecule has 1 aromatic heterocycles. The van der Waals surface area contributed by atoms with E-state index in [0.29, 0.717) is 12.6 Å². The van der Waals surface area contributed by atoms with Gasteiger partial charge in [-0.3, -0.25) is 4.90 Å². The highest BCUT2D eigenvalue weighted by atomic mass is 16.5. The van der Waals surface area contributed by atoms with Crippen LogP contribution in [0.15, 0.2) is 23.3 Å². The minimum Gasteiger partial charge on any atom is -0.477 e. The Hall–Kier alpha value is -1.86. The van der Waals surface area contributed by atoms with Crippen LogP contribution in [0.25, 0.3) is 0 Å². The zero-order chi connectivity index (χ0) is 19.2. The topological polar surface area (TPSA) is 62.2 Å². The van der Waals surface area contributed by atoms with Gasteiger partial charge in [-0.15, -0.1) is 0 Å². The fourth-order valence-corrected chi connectivity index (χ4v) is 3.84. The molecule has 2 aliphatic heterocycles. The van der Waals surface area contributed by atoms with Crippen LogP contribution in [0.1, 0.15) is 31.7 Å². The molecule has 3 fully saturated rings. The molecule has 3 aliphatic rings. The summed E-state index contributed by atoms with van der Waals surface area (Å²) in [4.78, 5) is 14.3. The molecule has 7 nitrogen and oxygen atoms in total. The molecule has 1 unspecified atom stereocenters. The molecule has 1 aromatic rings. The van der Waals surface area contributed by atoms with E-state index in [0.717, 1.165) is 75.9 Å². The number of nitrogens with zero attached hydrogens (tertiary/aromatic N) is 4. The molecular weight excluding hydrogens is 354 g/mol. The van der Waals surface area contributed by atoms with Crippen molar-refractivity contribution in [2.45, 2.75) is 38.8 Å². The van der Waals surface area contributed by atoms with Crippen molar-refractivity contribution in [3.63, 3.8) is 0 Å². The van der Waals surface area contributed by atoms with Crippen molar-refractivity contribution in [3.05, 3.63) is 23.9 Å². The number of morpholine rings is 1. The van der Waals surface area contributed by atoms with Gasteiger partial charge in [0.2, 0.25) is 5.88 Å². The van der Waals surface area contributed by atoms with Crippen LogP contribution < -0.4 is 10.1 Å². The number of hydrogen-bond acceptors (Lipinski definition) is 5. The molecule has 0 aromatic carbocycles. The zero-order valence-electron chi connectivity index (χ0n) is 17.0. The maximum absolute atomic E-state index is 5.72. The second kappa shape index (κ2) is 9.56. The van der Waals surface area contributed by atoms with E-state index in [1.807, 2.05) is 12.3 Å². The van der Waals surface area contributed by atoms with E-state index < -0.39 is 0 Å². The van der Waals surface area contributed by atoms with Gasteiger partial charge in [0.1, 0.15) is 0 Å². The number of nitrogens with one attached hydrogen (secondary N) is 1.